The number of benzene rings is 2. The van der Waals surface area contributed by atoms with Crippen molar-refractivity contribution < 1.29 is 14.0 Å². The SMILES string of the molecule is O=C(c1cc(Cl)ccc1F)N1CCN(C(=O)c2cc(Br)ccc2Cl)CC1. The van der Waals surface area contributed by atoms with Crippen LogP contribution < -0.4 is 0 Å². The number of hydrogen-bond acceptors (Lipinski definition) is 2. The Bertz CT molecular complexity index is 799. The van der Waals surface area contributed by atoms with E-state index in [1.165, 1.54) is 23.1 Å². The third-order valence-electron chi connectivity index (χ3n) is 4.17. The monoisotopic (exact) mass is 458 g/mol. The maximum absolute atomic E-state index is 13.9. The first-order valence-electron chi connectivity index (χ1n) is 7.85. The van der Waals surface area contributed by atoms with Gasteiger partial charge in [0.05, 0.1) is 16.1 Å². The minimum Gasteiger partial charge on any atom is -0.335 e. The average molecular weight is 460 g/mol. The van der Waals surface area contributed by atoms with Gasteiger partial charge in [-0.1, -0.05) is 39.1 Å². The fourth-order valence-electron chi connectivity index (χ4n) is 2.78. The molecule has 0 spiro atoms. The Morgan fingerprint density at radius 3 is 2.08 bits per heavy atom. The number of nitrogens with zero attached hydrogens (tertiary/aromatic N) is 2. The molecule has 0 saturated carbocycles. The van der Waals surface area contributed by atoms with Crippen molar-refractivity contribution >= 4 is 50.9 Å². The van der Waals surface area contributed by atoms with Crippen LogP contribution in [0.4, 0.5) is 4.39 Å². The van der Waals surface area contributed by atoms with Crippen molar-refractivity contribution in [2.45, 2.75) is 0 Å². The molecule has 26 heavy (non-hydrogen) atoms. The first-order chi connectivity index (χ1) is 12.4. The van der Waals surface area contributed by atoms with Gasteiger partial charge in [0, 0.05) is 35.7 Å². The topological polar surface area (TPSA) is 40.6 Å². The number of rotatable bonds is 2. The first kappa shape index (κ1) is 19.1. The molecule has 1 saturated heterocycles. The zero-order valence-corrected chi connectivity index (χ0v) is 16.6. The largest absolute Gasteiger partial charge is 0.335 e. The van der Waals surface area contributed by atoms with Gasteiger partial charge in [-0.3, -0.25) is 9.59 Å². The number of halogens is 4. The van der Waals surface area contributed by atoms with Crippen LogP contribution in [0.2, 0.25) is 10.0 Å². The second kappa shape index (κ2) is 7.94. The van der Waals surface area contributed by atoms with E-state index in [4.69, 9.17) is 23.2 Å². The molecule has 3 rings (SSSR count). The molecule has 1 aliphatic rings. The van der Waals surface area contributed by atoms with Crippen molar-refractivity contribution in [1.29, 1.82) is 0 Å². The lowest BCUT2D eigenvalue weighted by molar-refractivity contribution is 0.0533. The normalized spacial score (nSPS) is 14.5. The average Bonchev–Trinajstić information content (AvgIpc) is 2.64. The Hall–Kier alpha value is -1.63. The van der Waals surface area contributed by atoms with Crippen LogP contribution in [-0.2, 0) is 0 Å². The third kappa shape index (κ3) is 4.03. The van der Waals surface area contributed by atoms with Crippen molar-refractivity contribution in [2.24, 2.45) is 0 Å². The summed E-state index contributed by atoms with van der Waals surface area (Å²) in [6.07, 6.45) is 0. The molecule has 0 unspecified atom stereocenters. The number of hydrogen-bond donors (Lipinski definition) is 0. The van der Waals surface area contributed by atoms with Crippen LogP contribution in [0.5, 0.6) is 0 Å². The van der Waals surface area contributed by atoms with Crippen molar-refractivity contribution in [3.8, 4) is 0 Å². The molecule has 136 valence electrons. The van der Waals surface area contributed by atoms with Crippen LogP contribution in [0.15, 0.2) is 40.9 Å². The molecular formula is C18H14BrCl2FN2O2. The Labute approximate surface area is 168 Å². The fraction of sp³-hybridized carbons (Fsp3) is 0.222. The predicted molar refractivity (Wildman–Crippen MR) is 102 cm³/mol. The minimum absolute atomic E-state index is 0.0627. The van der Waals surface area contributed by atoms with Crippen molar-refractivity contribution in [2.75, 3.05) is 26.2 Å². The highest BCUT2D eigenvalue weighted by molar-refractivity contribution is 9.10. The van der Waals surface area contributed by atoms with E-state index in [9.17, 15) is 14.0 Å². The molecule has 0 aliphatic carbocycles. The second-order valence-corrected chi connectivity index (χ2v) is 7.59. The van der Waals surface area contributed by atoms with E-state index in [0.29, 0.717) is 41.8 Å². The summed E-state index contributed by atoms with van der Waals surface area (Å²) in [6, 6.07) is 8.97. The fourth-order valence-corrected chi connectivity index (χ4v) is 3.51. The Balaban J connectivity index is 1.69. The molecule has 2 aromatic rings. The molecule has 0 radical (unpaired) electrons. The summed E-state index contributed by atoms with van der Waals surface area (Å²) in [4.78, 5) is 28.3. The zero-order chi connectivity index (χ0) is 18.8. The molecule has 0 N–H and O–H groups in total. The van der Waals surface area contributed by atoms with Crippen molar-refractivity contribution in [3.05, 3.63) is 67.9 Å². The summed E-state index contributed by atoms with van der Waals surface area (Å²) in [7, 11) is 0. The Kier molecular flexibility index (Phi) is 5.85. The summed E-state index contributed by atoms with van der Waals surface area (Å²) in [5.41, 5.74) is 0.342. The van der Waals surface area contributed by atoms with Gasteiger partial charge in [-0.05, 0) is 36.4 Å². The molecule has 4 nitrogen and oxygen atoms in total. The Morgan fingerprint density at radius 2 is 1.46 bits per heavy atom. The molecule has 1 heterocycles. The molecule has 8 heteroatoms. The second-order valence-electron chi connectivity index (χ2n) is 5.83. The van der Waals surface area contributed by atoms with Gasteiger partial charge in [-0.25, -0.2) is 4.39 Å². The summed E-state index contributed by atoms with van der Waals surface area (Å²) in [5.74, 6) is -1.24. The maximum atomic E-state index is 13.9. The van der Waals surface area contributed by atoms with E-state index in [1.54, 1.807) is 23.1 Å². The van der Waals surface area contributed by atoms with Gasteiger partial charge in [0.1, 0.15) is 5.82 Å². The van der Waals surface area contributed by atoms with Crippen LogP contribution >= 0.6 is 39.1 Å². The lowest BCUT2D eigenvalue weighted by Crippen LogP contribution is -2.50. The van der Waals surface area contributed by atoms with Crippen LogP contribution in [0.3, 0.4) is 0 Å². The van der Waals surface area contributed by atoms with Gasteiger partial charge >= 0.3 is 0 Å². The van der Waals surface area contributed by atoms with Crippen LogP contribution in [0, 0.1) is 5.82 Å². The van der Waals surface area contributed by atoms with Gasteiger partial charge in [0.15, 0.2) is 0 Å². The number of amides is 2. The van der Waals surface area contributed by atoms with Crippen molar-refractivity contribution in [1.82, 2.24) is 9.80 Å². The maximum Gasteiger partial charge on any atom is 0.257 e. The summed E-state index contributed by atoms with van der Waals surface area (Å²) < 4.78 is 14.7. The van der Waals surface area contributed by atoms with Gasteiger partial charge in [-0.2, -0.15) is 0 Å². The predicted octanol–water partition coefficient (Wildman–Crippen LogP) is 4.49. The first-order valence-corrected chi connectivity index (χ1v) is 9.40. The zero-order valence-electron chi connectivity index (χ0n) is 13.5. The van der Waals surface area contributed by atoms with E-state index >= 15 is 0 Å². The van der Waals surface area contributed by atoms with E-state index in [1.807, 2.05) is 0 Å². The smallest absolute Gasteiger partial charge is 0.257 e. The molecule has 1 aliphatic heterocycles. The standard InChI is InChI=1S/C18H14BrCl2FN2O2/c19-11-1-3-15(21)13(9-11)17(25)23-5-7-24(8-6-23)18(26)14-10-12(20)2-4-16(14)22/h1-4,9-10H,5-8H2. The number of carbonyl (C=O) groups excluding carboxylic acids is 2. The van der Waals surface area contributed by atoms with Crippen molar-refractivity contribution in [3.63, 3.8) is 0 Å². The molecule has 0 aromatic heterocycles. The quantitative estimate of drug-likeness (QED) is 0.663. The van der Waals surface area contributed by atoms with Gasteiger partial charge in [0.2, 0.25) is 0 Å². The third-order valence-corrected chi connectivity index (χ3v) is 5.23. The summed E-state index contributed by atoms with van der Waals surface area (Å²) >= 11 is 15.3. The lowest BCUT2D eigenvalue weighted by atomic mass is 10.1. The van der Waals surface area contributed by atoms with Gasteiger partial charge < -0.3 is 9.80 Å². The van der Waals surface area contributed by atoms with Crippen LogP contribution in [-0.4, -0.2) is 47.8 Å². The number of carbonyl (C=O) groups is 2. The highest BCUT2D eigenvalue weighted by Gasteiger charge is 2.27. The molecular weight excluding hydrogens is 446 g/mol. The highest BCUT2D eigenvalue weighted by Crippen LogP contribution is 2.23. The molecule has 1 fully saturated rings. The van der Waals surface area contributed by atoms with Crippen LogP contribution in [0.1, 0.15) is 20.7 Å². The summed E-state index contributed by atoms with van der Waals surface area (Å²) in [6.45, 7) is 1.30. The van der Waals surface area contributed by atoms with Gasteiger partial charge in [-0.15, -0.1) is 0 Å². The lowest BCUT2D eigenvalue weighted by Gasteiger charge is -2.35. The molecule has 0 bridgehead atoms. The molecule has 2 amide bonds. The molecule has 0 atom stereocenters. The van der Waals surface area contributed by atoms with Crippen LogP contribution in [0.25, 0.3) is 0 Å². The van der Waals surface area contributed by atoms with Gasteiger partial charge in [0.25, 0.3) is 11.8 Å². The molecule has 2 aromatic carbocycles. The minimum atomic E-state index is -0.612. The number of piperazine rings is 1. The summed E-state index contributed by atoms with van der Waals surface area (Å²) in [5, 5.41) is 0.672. The van der Waals surface area contributed by atoms with E-state index in [0.717, 1.165) is 4.47 Å². The highest BCUT2D eigenvalue weighted by atomic mass is 79.9. The Morgan fingerprint density at radius 1 is 0.885 bits per heavy atom. The van der Waals surface area contributed by atoms with E-state index in [-0.39, 0.29) is 11.5 Å². The van der Waals surface area contributed by atoms with E-state index < -0.39 is 11.7 Å². The van der Waals surface area contributed by atoms with E-state index in [2.05, 4.69) is 15.9 Å².